The number of hydrogen-bond acceptors (Lipinski definition) is 6. The van der Waals surface area contributed by atoms with Gasteiger partial charge in [-0.25, -0.2) is 4.98 Å². The van der Waals surface area contributed by atoms with Crippen LogP contribution in [-0.2, 0) is 0 Å². The Kier molecular flexibility index (Phi) is 4.57. The zero-order chi connectivity index (χ0) is 16.2. The average molecular weight is 331 g/mol. The minimum absolute atomic E-state index is 0.160. The summed E-state index contributed by atoms with van der Waals surface area (Å²) in [7, 11) is 0. The number of thiazole rings is 1. The molecule has 0 fully saturated rings. The minimum Gasteiger partial charge on any atom is -0.490 e. The van der Waals surface area contributed by atoms with Crippen LogP contribution in [0, 0.1) is 0 Å². The minimum atomic E-state index is -0.160. The van der Waals surface area contributed by atoms with Crippen molar-refractivity contribution in [1.82, 2.24) is 14.6 Å². The van der Waals surface area contributed by atoms with E-state index in [1.54, 1.807) is 0 Å². The summed E-state index contributed by atoms with van der Waals surface area (Å²) in [5.74, 6) is 1.40. The molecule has 0 saturated heterocycles. The lowest BCUT2D eigenvalue weighted by molar-refractivity contribution is 0.277. The van der Waals surface area contributed by atoms with Crippen LogP contribution in [0.25, 0.3) is 11.0 Å². The lowest BCUT2D eigenvalue weighted by Gasteiger charge is -2.11. The lowest BCUT2D eigenvalue weighted by Crippen LogP contribution is -2.23. The summed E-state index contributed by atoms with van der Waals surface area (Å²) in [5.41, 5.74) is 0.714. The van der Waals surface area contributed by atoms with Crippen molar-refractivity contribution in [1.29, 1.82) is 0 Å². The van der Waals surface area contributed by atoms with Crippen molar-refractivity contribution in [2.24, 2.45) is 0 Å². The zero-order valence-corrected chi connectivity index (χ0v) is 13.8. The highest BCUT2D eigenvalue weighted by Crippen LogP contribution is 2.29. The number of benzene rings is 1. The van der Waals surface area contributed by atoms with Gasteiger partial charge < -0.3 is 9.47 Å². The molecule has 3 rings (SSSR count). The van der Waals surface area contributed by atoms with Gasteiger partial charge in [0.1, 0.15) is 6.33 Å². The van der Waals surface area contributed by atoms with Crippen LogP contribution in [0.3, 0.4) is 0 Å². The Morgan fingerprint density at radius 2 is 2.13 bits per heavy atom. The van der Waals surface area contributed by atoms with Gasteiger partial charge in [0.25, 0.3) is 5.56 Å². The fourth-order valence-electron chi connectivity index (χ4n) is 2.14. The number of nitrogens with zero attached hydrogens (tertiary/aromatic N) is 3. The van der Waals surface area contributed by atoms with Crippen molar-refractivity contribution in [3.63, 3.8) is 0 Å². The maximum absolute atomic E-state index is 12.2. The first-order chi connectivity index (χ1) is 11.2. The molecule has 0 aliphatic carbocycles. The molecular formula is C16H17N3O3S. The van der Waals surface area contributed by atoms with Crippen LogP contribution in [0.1, 0.15) is 25.8 Å². The van der Waals surface area contributed by atoms with E-state index in [0.29, 0.717) is 28.5 Å². The Morgan fingerprint density at radius 1 is 1.26 bits per heavy atom. The highest BCUT2D eigenvalue weighted by molar-refractivity contribution is 7.15. The van der Waals surface area contributed by atoms with Crippen molar-refractivity contribution in [3.05, 3.63) is 45.0 Å². The third-order valence-electron chi connectivity index (χ3n) is 3.15. The van der Waals surface area contributed by atoms with Gasteiger partial charge in [-0.1, -0.05) is 24.3 Å². The van der Waals surface area contributed by atoms with Crippen molar-refractivity contribution in [2.75, 3.05) is 13.2 Å². The predicted molar refractivity (Wildman–Crippen MR) is 89.3 cm³/mol. The molecule has 120 valence electrons. The van der Waals surface area contributed by atoms with Gasteiger partial charge in [0, 0.05) is 0 Å². The molecule has 0 aliphatic heterocycles. The standard InChI is InChI=1S/C16H17N3O3S/c1-3-7-22-12-6-5-11(8-13(12)21-4-2)9-14-15(20)19-16(23-14)17-10-18-19/h5-6,8-10H,3-4,7H2,1-2H3/b14-9+. The molecule has 2 heterocycles. The normalized spacial score (nSPS) is 12.0. The number of rotatable bonds is 6. The van der Waals surface area contributed by atoms with Gasteiger partial charge in [-0.2, -0.15) is 9.61 Å². The van der Waals surface area contributed by atoms with Gasteiger partial charge in [0.15, 0.2) is 11.5 Å². The Labute approximate surface area is 137 Å². The quantitative estimate of drug-likeness (QED) is 0.690. The van der Waals surface area contributed by atoms with Crippen LogP contribution in [0.15, 0.2) is 29.3 Å². The number of fused-ring (bicyclic) bond motifs is 1. The van der Waals surface area contributed by atoms with Crippen molar-refractivity contribution >= 4 is 22.4 Å². The largest absolute Gasteiger partial charge is 0.490 e. The van der Waals surface area contributed by atoms with E-state index < -0.39 is 0 Å². The molecule has 0 spiro atoms. The maximum Gasteiger partial charge on any atom is 0.291 e. The van der Waals surface area contributed by atoms with E-state index in [1.807, 2.05) is 31.2 Å². The van der Waals surface area contributed by atoms with E-state index in [4.69, 9.17) is 9.47 Å². The highest BCUT2D eigenvalue weighted by Gasteiger charge is 2.08. The Morgan fingerprint density at radius 3 is 2.87 bits per heavy atom. The third-order valence-corrected chi connectivity index (χ3v) is 4.12. The Balaban J connectivity index is 2.00. The SMILES string of the molecule is CCCOc1ccc(/C=c2/sc3ncnn3c2=O)cc1OCC. The van der Waals surface area contributed by atoms with Crippen molar-refractivity contribution in [3.8, 4) is 11.5 Å². The van der Waals surface area contributed by atoms with Gasteiger partial charge in [-0.05, 0) is 37.1 Å². The first-order valence-corrected chi connectivity index (χ1v) is 8.28. The average Bonchev–Trinajstić information content (AvgIpc) is 3.11. The van der Waals surface area contributed by atoms with Gasteiger partial charge in [0.2, 0.25) is 4.96 Å². The molecule has 6 nitrogen and oxygen atoms in total. The van der Waals surface area contributed by atoms with E-state index in [-0.39, 0.29) is 5.56 Å². The summed E-state index contributed by atoms with van der Waals surface area (Å²) in [4.78, 5) is 16.8. The van der Waals surface area contributed by atoms with Crippen LogP contribution < -0.4 is 19.6 Å². The summed E-state index contributed by atoms with van der Waals surface area (Å²) >= 11 is 1.31. The fraction of sp³-hybridized carbons (Fsp3) is 0.312. The summed E-state index contributed by atoms with van der Waals surface area (Å²) in [6.07, 6.45) is 4.13. The predicted octanol–water partition coefficient (Wildman–Crippen LogP) is 1.89. The van der Waals surface area contributed by atoms with E-state index >= 15 is 0 Å². The topological polar surface area (TPSA) is 65.7 Å². The Bertz CT molecular complexity index is 916. The monoisotopic (exact) mass is 331 g/mol. The second-order valence-electron chi connectivity index (χ2n) is 4.86. The van der Waals surface area contributed by atoms with Crippen LogP contribution in [0.2, 0.25) is 0 Å². The molecule has 0 atom stereocenters. The first-order valence-electron chi connectivity index (χ1n) is 7.46. The van der Waals surface area contributed by atoms with E-state index in [0.717, 1.165) is 17.7 Å². The molecule has 23 heavy (non-hydrogen) atoms. The number of aromatic nitrogens is 3. The summed E-state index contributed by atoms with van der Waals surface area (Å²) in [6.45, 7) is 5.17. The van der Waals surface area contributed by atoms with Crippen LogP contribution in [-0.4, -0.2) is 27.8 Å². The highest BCUT2D eigenvalue weighted by atomic mass is 32.1. The third kappa shape index (κ3) is 3.19. The first kappa shape index (κ1) is 15.5. The molecule has 3 aromatic rings. The number of hydrogen-bond donors (Lipinski definition) is 0. The second kappa shape index (κ2) is 6.78. The molecule has 0 radical (unpaired) electrons. The van der Waals surface area contributed by atoms with Crippen molar-refractivity contribution in [2.45, 2.75) is 20.3 Å². The van der Waals surface area contributed by atoms with E-state index in [2.05, 4.69) is 17.0 Å². The van der Waals surface area contributed by atoms with Crippen LogP contribution in [0.5, 0.6) is 11.5 Å². The van der Waals surface area contributed by atoms with Gasteiger partial charge in [-0.3, -0.25) is 4.79 Å². The molecule has 0 amide bonds. The molecule has 0 saturated carbocycles. The molecule has 0 bridgehead atoms. The summed E-state index contributed by atoms with van der Waals surface area (Å²) < 4.78 is 13.2. The molecule has 0 aliphatic rings. The molecule has 7 heteroatoms. The summed E-state index contributed by atoms with van der Waals surface area (Å²) in [6, 6.07) is 5.65. The molecule has 1 aromatic carbocycles. The molecular weight excluding hydrogens is 314 g/mol. The van der Waals surface area contributed by atoms with Gasteiger partial charge >= 0.3 is 0 Å². The van der Waals surface area contributed by atoms with Crippen molar-refractivity contribution < 1.29 is 9.47 Å². The van der Waals surface area contributed by atoms with Crippen LogP contribution >= 0.6 is 11.3 Å². The maximum atomic E-state index is 12.2. The second-order valence-corrected chi connectivity index (χ2v) is 5.87. The number of ether oxygens (including phenoxy) is 2. The molecule has 0 unspecified atom stereocenters. The molecule has 2 aromatic heterocycles. The van der Waals surface area contributed by atoms with Gasteiger partial charge in [-0.15, -0.1) is 0 Å². The summed E-state index contributed by atoms with van der Waals surface area (Å²) in [5, 5.41) is 3.91. The fourth-order valence-corrected chi connectivity index (χ4v) is 3.02. The van der Waals surface area contributed by atoms with Gasteiger partial charge in [0.05, 0.1) is 17.7 Å². The smallest absolute Gasteiger partial charge is 0.291 e. The van der Waals surface area contributed by atoms with E-state index in [9.17, 15) is 4.79 Å². The molecule has 0 N–H and O–H groups in total. The van der Waals surface area contributed by atoms with Crippen LogP contribution in [0.4, 0.5) is 0 Å². The zero-order valence-electron chi connectivity index (χ0n) is 13.0. The lowest BCUT2D eigenvalue weighted by atomic mass is 10.2. The van der Waals surface area contributed by atoms with E-state index in [1.165, 1.54) is 22.2 Å². The Hall–Kier alpha value is -2.41.